The molecule has 1 aliphatic heterocycles. The lowest BCUT2D eigenvalue weighted by Crippen LogP contribution is -2.30. The molecule has 0 spiro atoms. The van der Waals surface area contributed by atoms with Crippen molar-refractivity contribution < 1.29 is 18.1 Å². The number of carbonyl (C=O) groups excluding carboxylic acids is 1. The van der Waals surface area contributed by atoms with Crippen molar-refractivity contribution in [1.29, 1.82) is 0 Å². The molecule has 3 heterocycles. The van der Waals surface area contributed by atoms with Gasteiger partial charge in [-0.05, 0) is 19.1 Å². The topological polar surface area (TPSA) is 90.0 Å². The van der Waals surface area contributed by atoms with Gasteiger partial charge in [-0.25, -0.2) is 13.8 Å². The van der Waals surface area contributed by atoms with Crippen molar-refractivity contribution in [2.24, 2.45) is 0 Å². The van der Waals surface area contributed by atoms with E-state index in [0.29, 0.717) is 22.3 Å². The number of thioether (sulfide) groups is 1. The van der Waals surface area contributed by atoms with E-state index in [1.165, 1.54) is 30.0 Å². The number of fused-ring (bicyclic) bond motifs is 1. The van der Waals surface area contributed by atoms with Crippen LogP contribution in [0.5, 0.6) is 0 Å². The van der Waals surface area contributed by atoms with Gasteiger partial charge in [0.25, 0.3) is 5.56 Å². The third-order valence-electron chi connectivity index (χ3n) is 4.46. The Morgan fingerprint density at radius 1 is 1.34 bits per heavy atom. The molecular weight excluding hydrogens is 402 g/mol. The van der Waals surface area contributed by atoms with E-state index in [2.05, 4.69) is 15.5 Å². The van der Waals surface area contributed by atoms with E-state index in [1.54, 1.807) is 11.5 Å². The lowest BCUT2D eigenvalue weighted by atomic mass is 10.1. The first-order valence-electron chi connectivity index (χ1n) is 8.81. The molecule has 2 aromatic heterocycles. The van der Waals surface area contributed by atoms with Crippen LogP contribution in [-0.4, -0.2) is 26.4 Å². The third kappa shape index (κ3) is 4.07. The van der Waals surface area contributed by atoms with Crippen molar-refractivity contribution in [1.82, 2.24) is 20.0 Å². The molecule has 0 saturated carbocycles. The van der Waals surface area contributed by atoms with E-state index >= 15 is 0 Å². The van der Waals surface area contributed by atoms with E-state index in [9.17, 15) is 18.4 Å². The van der Waals surface area contributed by atoms with Crippen molar-refractivity contribution in [3.05, 3.63) is 63.7 Å². The molecule has 1 N–H and O–H groups in total. The van der Waals surface area contributed by atoms with Gasteiger partial charge in [0, 0.05) is 36.1 Å². The summed E-state index contributed by atoms with van der Waals surface area (Å²) >= 11 is 1.45. The maximum atomic E-state index is 13.8. The molecule has 1 unspecified atom stereocenters. The highest BCUT2D eigenvalue weighted by Gasteiger charge is 2.27. The zero-order valence-corrected chi connectivity index (χ0v) is 16.1. The zero-order valence-electron chi connectivity index (χ0n) is 15.3. The Balaban J connectivity index is 1.38. The Bertz CT molecular complexity index is 1140. The Kier molecular flexibility index (Phi) is 5.18. The second-order valence-corrected chi connectivity index (χ2v) is 7.63. The number of halogens is 2. The van der Waals surface area contributed by atoms with Gasteiger partial charge in [-0.1, -0.05) is 16.9 Å². The number of nitrogens with one attached hydrogen (secondary N) is 1. The summed E-state index contributed by atoms with van der Waals surface area (Å²) in [7, 11) is 0. The molecular formula is C19H16F2N4O3S. The normalized spacial score (nSPS) is 15.3. The number of hydrogen-bond donors (Lipinski definition) is 1. The molecule has 1 amide bonds. The summed E-state index contributed by atoms with van der Waals surface area (Å²) in [6, 6.07) is 5.81. The SMILES string of the molecule is Cc1cc(=O)n2c(n1)SCC2CC(=O)NCc1cc(-c2ccc(F)cc2F)on1. The smallest absolute Gasteiger partial charge is 0.254 e. The van der Waals surface area contributed by atoms with Crippen LogP contribution >= 0.6 is 11.8 Å². The first-order chi connectivity index (χ1) is 13.9. The molecule has 10 heteroatoms. The van der Waals surface area contributed by atoms with Crippen LogP contribution in [-0.2, 0) is 11.3 Å². The minimum atomic E-state index is -0.761. The van der Waals surface area contributed by atoms with Crippen LogP contribution in [0.15, 0.2) is 44.8 Å². The molecule has 1 atom stereocenters. The van der Waals surface area contributed by atoms with Crippen molar-refractivity contribution in [3.8, 4) is 11.3 Å². The first-order valence-corrected chi connectivity index (χ1v) is 9.80. The zero-order chi connectivity index (χ0) is 20.5. The number of benzene rings is 1. The van der Waals surface area contributed by atoms with E-state index in [0.717, 1.165) is 12.1 Å². The van der Waals surface area contributed by atoms with Gasteiger partial charge in [-0.15, -0.1) is 0 Å². The molecule has 1 aromatic carbocycles. The van der Waals surface area contributed by atoms with Crippen molar-refractivity contribution in [3.63, 3.8) is 0 Å². The van der Waals surface area contributed by atoms with Gasteiger partial charge < -0.3 is 9.84 Å². The van der Waals surface area contributed by atoms with Gasteiger partial charge in [0.15, 0.2) is 10.9 Å². The summed E-state index contributed by atoms with van der Waals surface area (Å²) in [6.45, 7) is 1.84. The minimum absolute atomic E-state index is 0.0817. The number of rotatable bonds is 5. The third-order valence-corrected chi connectivity index (χ3v) is 5.56. The molecule has 7 nitrogen and oxygen atoms in total. The van der Waals surface area contributed by atoms with Crippen molar-refractivity contribution in [2.45, 2.75) is 31.1 Å². The predicted molar refractivity (Wildman–Crippen MR) is 101 cm³/mol. The van der Waals surface area contributed by atoms with E-state index in [1.807, 2.05) is 0 Å². The number of amides is 1. The molecule has 0 radical (unpaired) electrons. The largest absolute Gasteiger partial charge is 0.356 e. The van der Waals surface area contributed by atoms with Gasteiger partial charge in [0.1, 0.15) is 17.3 Å². The van der Waals surface area contributed by atoms with Crippen LogP contribution in [0.3, 0.4) is 0 Å². The lowest BCUT2D eigenvalue weighted by Gasteiger charge is -2.12. The average Bonchev–Trinajstić information content (AvgIpc) is 3.27. The van der Waals surface area contributed by atoms with Crippen molar-refractivity contribution >= 4 is 17.7 Å². The second kappa shape index (κ2) is 7.78. The summed E-state index contributed by atoms with van der Waals surface area (Å²) in [6.07, 6.45) is 0.127. The monoisotopic (exact) mass is 418 g/mol. The molecule has 0 saturated heterocycles. The van der Waals surface area contributed by atoms with Crippen LogP contribution in [0, 0.1) is 18.6 Å². The molecule has 0 aliphatic carbocycles. The van der Waals surface area contributed by atoms with Gasteiger partial charge in [0.05, 0.1) is 18.2 Å². The Morgan fingerprint density at radius 3 is 2.97 bits per heavy atom. The van der Waals surface area contributed by atoms with Gasteiger partial charge >= 0.3 is 0 Å². The maximum Gasteiger partial charge on any atom is 0.254 e. The number of hydrogen-bond acceptors (Lipinski definition) is 6. The van der Waals surface area contributed by atoms with Gasteiger partial charge in [-0.3, -0.25) is 14.2 Å². The van der Waals surface area contributed by atoms with Crippen LogP contribution < -0.4 is 10.9 Å². The highest BCUT2D eigenvalue weighted by molar-refractivity contribution is 7.99. The average molecular weight is 418 g/mol. The van der Waals surface area contributed by atoms with E-state index in [-0.39, 0.29) is 41.8 Å². The molecule has 0 bridgehead atoms. The predicted octanol–water partition coefficient (Wildman–Crippen LogP) is 2.84. The molecule has 150 valence electrons. The van der Waals surface area contributed by atoms with Crippen LogP contribution in [0.4, 0.5) is 8.78 Å². The quantitative estimate of drug-likeness (QED) is 0.641. The highest BCUT2D eigenvalue weighted by Crippen LogP contribution is 2.32. The first kappa shape index (κ1) is 19.3. The minimum Gasteiger partial charge on any atom is -0.356 e. The summed E-state index contributed by atoms with van der Waals surface area (Å²) < 4.78 is 33.5. The summed E-state index contributed by atoms with van der Waals surface area (Å²) in [5.41, 5.74) is 0.960. The molecule has 4 rings (SSSR count). The summed E-state index contributed by atoms with van der Waals surface area (Å²) in [5, 5.41) is 7.14. The number of aryl methyl sites for hydroxylation is 1. The van der Waals surface area contributed by atoms with Crippen molar-refractivity contribution in [2.75, 3.05) is 5.75 Å². The molecule has 3 aromatic rings. The summed E-state index contributed by atoms with van der Waals surface area (Å²) in [5.74, 6) is -0.969. The standard InChI is InChI=1S/C19H16F2N4O3S/c1-10-4-18(27)25-13(9-29-19(25)23-10)7-17(26)22-8-12-6-16(28-24-12)14-3-2-11(20)5-15(14)21/h2-6,13H,7-9H2,1H3,(H,22,26). The second-order valence-electron chi connectivity index (χ2n) is 6.64. The Labute approximate surface area is 168 Å². The fourth-order valence-corrected chi connectivity index (χ4v) is 4.29. The molecule has 1 aliphatic rings. The lowest BCUT2D eigenvalue weighted by molar-refractivity contribution is -0.121. The molecule has 29 heavy (non-hydrogen) atoms. The summed E-state index contributed by atoms with van der Waals surface area (Å²) in [4.78, 5) is 28.8. The van der Waals surface area contributed by atoms with Crippen LogP contribution in [0.25, 0.3) is 11.3 Å². The van der Waals surface area contributed by atoms with Crippen LogP contribution in [0.1, 0.15) is 23.9 Å². The number of aromatic nitrogens is 3. The van der Waals surface area contributed by atoms with Gasteiger partial charge in [-0.2, -0.15) is 0 Å². The number of nitrogens with zero attached hydrogens (tertiary/aromatic N) is 3. The van der Waals surface area contributed by atoms with Gasteiger partial charge in [0.2, 0.25) is 5.91 Å². The highest BCUT2D eigenvalue weighted by atomic mass is 32.2. The maximum absolute atomic E-state index is 13.8. The fraction of sp³-hybridized carbons (Fsp3) is 0.263. The van der Waals surface area contributed by atoms with E-state index < -0.39 is 11.6 Å². The number of carbonyl (C=O) groups is 1. The fourth-order valence-electron chi connectivity index (χ4n) is 3.10. The Hall–Kier alpha value is -3.01. The van der Waals surface area contributed by atoms with Crippen LogP contribution in [0.2, 0.25) is 0 Å². The molecule has 0 fully saturated rings. The Morgan fingerprint density at radius 2 is 2.17 bits per heavy atom. The van der Waals surface area contributed by atoms with E-state index in [4.69, 9.17) is 4.52 Å².